The second-order valence-corrected chi connectivity index (χ2v) is 8.02. The minimum Gasteiger partial charge on any atom is -0.239 e. The first-order chi connectivity index (χ1) is 13.7. The number of halogens is 1. The summed E-state index contributed by atoms with van der Waals surface area (Å²) in [7, 11) is 0. The molecule has 136 valence electrons. The van der Waals surface area contributed by atoms with Gasteiger partial charge in [-0.05, 0) is 40.8 Å². The van der Waals surface area contributed by atoms with Crippen molar-refractivity contribution in [3.8, 4) is 27.8 Å². The maximum Gasteiger partial charge on any atom is 0.123 e. The first kappa shape index (κ1) is 18.4. The number of benzene rings is 2. The molecule has 2 nitrogen and oxygen atoms in total. The Bertz CT molecular complexity index is 1120. The van der Waals surface area contributed by atoms with Crippen molar-refractivity contribution < 1.29 is 4.39 Å². The van der Waals surface area contributed by atoms with Gasteiger partial charge in [0.25, 0.3) is 0 Å². The van der Waals surface area contributed by atoms with Gasteiger partial charge in [-0.3, -0.25) is 0 Å². The Morgan fingerprint density at radius 2 is 1.79 bits per heavy atom. The van der Waals surface area contributed by atoms with Crippen molar-refractivity contribution in [2.45, 2.75) is 10.8 Å². The van der Waals surface area contributed by atoms with Crippen LogP contribution in [0.4, 0.5) is 4.39 Å². The van der Waals surface area contributed by atoms with E-state index in [9.17, 15) is 9.65 Å². The summed E-state index contributed by atoms with van der Waals surface area (Å²) < 4.78 is 13.4. The average Bonchev–Trinajstić information content (AvgIpc) is 3.28. The molecule has 4 aromatic rings. The van der Waals surface area contributed by atoms with Gasteiger partial charge in [-0.2, -0.15) is 5.26 Å². The Morgan fingerprint density at radius 1 is 1.00 bits per heavy atom. The Kier molecular flexibility index (Phi) is 5.52. The first-order valence-electron chi connectivity index (χ1n) is 8.66. The van der Waals surface area contributed by atoms with Crippen LogP contribution in [0.25, 0.3) is 21.7 Å². The molecule has 0 saturated carbocycles. The van der Waals surface area contributed by atoms with E-state index in [1.165, 1.54) is 17.7 Å². The van der Waals surface area contributed by atoms with Crippen molar-refractivity contribution in [3.05, 3.63) is 95.1 Å². The van der Waals surface area contributed by atoms with E-state index in [0.717, 1.165) is 27.5 Å². The second kappa shape index (κ2) is 8.39. The van der Waals surface area contributed by atoms with Crippen molar-refractivity contribution in [1.29, 1.82) is 5.26 Å². The SMILES string of the molecule is N#Cc1c(-c2ccc(F)cc2)cc(-c2cccs2)nc1SCc1ccccc1. The lowest BCUT2D eigenvalue weighted by Gasteiger charge is -2.12. The molecular weight excluding hydrogens is 387 g/mol. The third kappa shape index (κ3) is 3.99. The van der Waals surface area contributed by atoms with Gasteiger partial charge >= 0.3 is 0 Å². The predicted octanol–water partition coefficient (Wildman–Crippen LogP) is 6.78. The molecule has 2 aromatic heterocycles. The van der Waals surface area contributed by atoms with Gasteiger partial charge in [0.1, 0.15) is 16.9 Å². The molecule has 0 fully saturated rings. The Balaban J connectivity index is 1.81. The maximum atomic E-state index is 13.4. The quantitative estimate of drug-likeness (QED) is 0.345. The summed E-state index contributed by atoms with van der Waals surface area (Å²) in [5, 5.41) is 12.6. The topological polar surface area (TPSA) is 36.7 Å². The van der Waals surface area contributed by atoms with Gasteiger partial charge < -0.3 is 0 Å². The molecule has 0 aliphatic heterocycles. The van der Waals surface area contributed by atoms with Crippen LogP contribution in [-0.2, 0) is 5.75 Å². The molecule has 2 heterocycles. The number of aromatic nitrogens is 1. The van der Waals surface area contributed by atoms with E-state index in [4.69, 9.17) is 4.98 Å². The monoisotopic (exact) mass is 402 g/mol. The zero-order valence-electron chi connectivity index (χ0n) is 14.8. The summed E-state index contributed by atoms with van der Waals surface area (Å²) >= 11 is 3.15. The maximum absolute atomic E-state index is 13.4. The van der Waals surface area contributed by atoms with Crippen LogP contribution in [0.3, 0.4) is 0 Å². The van der Waals surface area contributed by atoms with Crippen molar-refractivity contribution in [1.82, 2.24) is 4.98 Å². The van der Waals surface area contributed by atoms with Crippen LogP contribution in [-0.4, -0.2) is 4.98 Å². The molecule has 0 radical (unpaired) electrons. The lowest BCUT2D eigenvalue weighted by molar-refractivity contribution is 0.628. The minimum absolute atomic E-state index is 0.298. The van der Waals surface area contributed by atoms with Gasteiger partial charge in [0.05, 0.1) is 16.1 Å². The van der Waals surface area contributed by atoms with Crippen LogP contribution < -0.4 is 0 Å². The van der Waals surface area contributed by atoms with E-state index in [1.807, 2.05) is 41.8 Å². The van der Waals surface area contributed by atoms with Crippen LogP contribution in [0.1, 0.15) is 11.1 Å². The van der Waals surface area contributed by atoms with E-state index in [-0.39, 0.29) is 5.82 Å². The van der Waals surface area contributed by atoms with Crippen molar-refractivity contribution in [2.75, 3.05) is 0 Å². The highest BCUT2D eigenvalue weighted by molar-refractivity contribution is 7.98. The molecule has 0 atom stereocenters. The molecule has 0 aliphatic rings. The van der Waals surface area contributed by atoms with E-state index in [1.54, 1.807) is 35.2 Å². The highest BCUT2D eigenvalue weighted by atomic mass is 32.2. The normalized spacial score (nSPS) is 10.6. The Labute approximate surface area is 171 Å². The number of hydrogen-bond donors (Lipinski definition) is 0. The van der Waals surface area contributed by atoms with Gasteiger partial charge in [0.15, 0.2) is 0 Å². The standard InChI is InChI=1S/C23H15FN2S2/c24-18-10-8-17(9-11-18)19-13-21(22-7-4-12-27-22)26-23(20(19)14-25)28-15-16-5-2-1-3-6-16/h1-13H,15H2. The second-order valence-electron chi connectivity index (χ2n) is 6.11. The number of nitriles is 1. The lowest BCUT2D eigenvalue weighted by Crippen LogP contribution is -1.95. The zero-order valence-corrected chi connectivity index (χ0v) is 16.4. The molecule has 0 unspecified atom stereocenters. The number of thiophene rings is 1. The Hall–Kier alpha value is -2.94. The van der Waals surface area contributed by atoms with Crippen molar-refractivity contribution in [3.63, 3.8) is 0 Å². The van der Waals surface area contributed by atoms with Crippen LogP contribution in [0.5, 0.6) is 0 Å². The molecule has 28 heavy (non-hydrogen) atoms. The molecule has 2 aromatic carbocycles. The van der Waals surface area contributed by atoms with Crippen molar-refractivity contribution in [2.24, 2.45) is 0 Å². The number of nitrogens with zero attached hydrogens (tertiary/aromatic N) is 2. The van der Waals surface area contributed by atoms with E-state index in [2.05, 4.69) is 18.2 Å². The molecule has 4 rings (SSSR count). The summed E-state index contributed by atoms with van der Waals surface area (Å²) in [4.78, 5) is 5.82. The molecular formula is C23H15FN2S2. The molecule has 0 spiro atoms. The first-order valence-corrected chi connectivity index (χ1v) is 10.5. The Morgan fingerprint density at radius 3 is 2.46 bits per heavy atom. The van der Waals surface area contributed by atoms with Gasteiger partial charge in [0, 0.05) is 11.3 Å². The largest absolute Gasteiger partial charge is 0.239 e. The smallest absolute Gasteiger partial charge is 0.123 e. The van der Waals surface area contributed by atoms with E-state index < -0.39 is 0 Å². The summed E-state index contributed by atoms with van der Waals surface area (Å²) in [5.41, 5.74) is 4.09. The van der Waals surface area contributed by atoms with Crippen molar-refractivity contribution >= 4 is 23.1 Å². The van der Waals surface area contributed by atoms with E-state index >= 15 is 0 Å². The fraction of sp³-hybridized carbons (Fsp3) is 0.0435. The van der Waals surface area contributed by atoms with E-state index in [0.29, 0.717) is 10.6 Å². The fourth-order valence-corrected chi connectivity index (χ4v) is 4.51. The molecule has 0 aliphatic carbocycles. The number of rotatable bonds is 5. The summed E-state index contributed by atoms with van der Waals surface area (Å²) in [6.07, 6.45) is 0. The number of hydrogen-bond acceptors (Lipinski definition) is 4. The molecule has 0 N–H and O–H groups in total. The fourth-order valence-electron chi connectivity index (χ4n) is 2.87. The number of thioether (sulfide) groups is 1. The van der Waals surface area contributed by atoms with Gasteiger partial charge in [-0.25, -0.2) is 9.37 Å². The number of pyridine rings is 1. The molecule has 0 bridgehead atoms. The van der Waals surface area contributed by atoms with Crippen LogP contribution in [0.15, 0.2) is 83.2 Å². The lowest BCUT2D eigenvalue weighted by atomic mass is 10.0. The van der Waals surface area contributed by atoms with Gasteiger partial charge in [-0.15, -0.1) is 23.1 Å². The predicted molar refractivity (Wildman–Crippen MR) is 114 cm³/mol. The molecule has 0 saturated heterocycles. The summed E-state index contributed by atoms with van der Waals surface area (Å²) in [6.45, 7) is 0. The highest BCUT2D eigenvalue weighted by Crippen LogP contribution is 2.36. The molecule has 0 amide bonds. The zero-order chi connectivity index (χ0) is 19.3. The minimum atomic E-state index is -0.298. The van der Waals surface area contributed by atoms with Crippen LogP contribution >= 0.6 is 23.1 Å². The highest BCUT2D eigenvalue weighted by Gasteiger charge is 2.16. The average molecular weight is 403 g/mol. The summed E-state index contributed by atoms with van der Waals surface area (Å²) in [5.74, 6) is 0.424. The van der Waals surface area contributed by atoms with Gasteiger partial charge in [0.2, 0.25) is 0 Å². The molecule has 5 heteroatoms. The third-order valence-corrected chi connectivity index (χ3v) is 6.18. The van der Waals surface area contributed by atoms with Crippen LogP contribution in [0, 0.1) is 17.1 Å². The summed E-state index contributed by atoms with van der Waals surface area (Å²) in [6, 6.07) is 24.6. The van der Waals surface area contributed by atoms with Gasteiger partial charge in [-0.1, -0.05) is 48.5 Å². The van der Waals surface area contributed by atoms with Crippen LogP contribution in [0.2, 0.25) is 0 Å². The third-order valence-electron chi connectivity index (χ3n) is 4.25.